The van der Waals surface area contributed by atoms with Crippen LogP contribution in [0.2, 0.25) is 0 Å². The molecule has 1 atom stereocenters. The van der Waals surface area contributed by atoms with Crippen LogP contribution in [0, 0.1) is 0 Å². The minimum Gasteiger partial charge on any atom is -0.397 e. The van der Waals surface area contributed by atoms with Gasteiger partial charge in [-0.15, -0.1) is 0 Å². The van der Waals surface area contributed by atoms with E-state index in [0.717, 1.165) is 25.7 Å². The van der Waals surface area contributed by atoms with E-state index in [0.29, 0.717) is 24.0 Å². The van der Waals surface area contributed by atoms with Crippen LogP contribution in [0.1, 0.15) is 36.2 Å². The maximum Gasteiger partial charge on any atom is 0.271 e. The monoisotopic (exact) mass is 276 g/mol. The molecule has 1 aromatic heterocycles. The van der Waals surface area contributed by atoms with Crippen LogP contribution in [-0.4, -0.2) is 39.9 Å². The second-order valence-corrected chi connectivity index (χ2v) is 5.71. The average molecular weight is 276 g/mol. The van der Waals surface area contributed by atoms with Gasteiger partial charge in [-0.3, -0.25) is 9.59 Å². The number of hydrogen-bond acceptors (Lipinski definition) is 3. The second-order valence-electron chi connectivity index (χ2n) is 5.71. The van der Waals surface area contributed by atoms with E-state index < -0.39 is 0 Å². The first-order valence-corrected chi connectivity index (χ1v) is 7.09. The van der Waals surface area contributed by atoms with E-state index in [-0.39, 0.29) is 17.9 Å². The topological polar surface area (TPSA) is 80.4 Å². The van der Waals surface area contributed by atoms with E-state index in [1.54, 1.807) is 28.8 Å². The third kappa shape index (κ3) is 2.37. The van der Waals surface area contributed by atoms with Gasteiger partial charge in [0.15, 0.2) is 0 Å². The molecule has 0 bridgehead atoms. The van der Waals surface area contributed by atoms with Crippen LogP contribution >= 0.6 is 0 Å². The van der Waals surface area contributed by atoms with Crippen molar-refractivity contribution in [3.63, 3.8) is 0 Å². The number of amides is 2. The van der Waals surface area contributed by atoms with Crippen molar-refractivity contribution < 1.29 is 9.59 Å². The lowest BCUT2D eigenvalue weighted by molar-refractivity contribution is -0.125. The van der Waals surface area contributed by atoms with Gasteiger partial charge in [0.05, 0.1) is 5.69 Å². The first-order chi connectivity index (χ1) is 9.56. The first-order valence-electron chi connectivity index (χ1n) is 7.09. The van der Waals surface area contributed by atoms with Gasteiger partial charge in [0.25, 0.3) is 5.91 Å². The Morgan fingerprint density at radius 1 is 1.35 bits per heavy atom. The Morgan fingerprint density at radius 3 is 2.70 bits per heavy atom. The van der Waals surface area contributed by atoms with Crippen LogP contribution in [0.5, 0.6) is 0 Å². The number of nitrogens with two attached hydrogens (primary N) is 1. The number of nitrogens with zero attached hydrogens (tertiary/aromatic N) is 2. The highest BCUT2D eigenvalue weighted by molar-refractivity contribution is 5.97. The van der Waals surface area contributed by atoms with E-state index >= 15 is 0 Å². The number of aromatic nitrogens is 1. The number of anilines is 1. The van der Waals surface area contributed by atoms with Gasteiger partial charge in [0, 0.05) is 25.8 Å². The van der Waals surface area contributed by atoms with Crippen LogP contribution in [0.3, 0.4) is 0 Å². The zero-order chi connectivity index (χ0) is 14.3. The van der Waals surface area contributed by atoms with E-state index in [2.05, 4.69) is 5.32 Å². The second kappa shape index (κ2) is 4.85. The summed E-state index contributed by atoms with van der Waals surface area (Å²) in [6, 6.07) is 1.65. The number of aryl methyl sites for hydroxylation is 1. The van der Waals surface area contributed by atoms with Gasteiger partial charge in [-0.05, 0) is 31.7 Å². The maximum atomic E-state index is 12.6. The van der Waals surface area contributed by atoms with Gasteiger partial charge in [0.1, 0.15) is 11.7 Å². The summed E-state index contributed by atoms with van der Waals surface area (Å²) < 4.78 is 1.71. The molecule has 20 heavy (non-hydrogen) atoms. The molecular weight excluding hydrogens is 256 g/mol. The average Bonchev–Trinajstić information content (AvgIpc) is 2.96. The van der Waals surface area contributed by atoms with Crippen LogP contribution in [0.4, 0.5) is 5.69 Å². The number of carbonyl (C=O) groups excluding carboxylic acids is 2. The number of carbonyl (C=O) groups is 2. The molecule has 1 aromatic rings. The summed E-state index contributed by atoms with van der Waals surface area (Å²) >= 11 is 0. The Morgan fingerprint density at radius 2 is 2.10 bits per heavy atom. The van der Waals surface area contributed by atoms with Crippen molar-refractivity contribution in [1.29, 1.82) is 0 Å². The molecule has 1 aliphatic carbocycles. The van der Waals surface area contributed by atoms with Gasteiger partial charge >= 0.3 is 0 Å². The molecule has 3 rings (SSSR count). The smallest absolute Gasteiger partial charge is 0.271 e. The fraction of sp³-hybridized carbons (Fsp3) is 0.571. The van der Waals surface area contributed by atoms with Gasteiger partial charge in [0.2, 0.25) is 5.91 Å². The predicted molar refractivity (Wildman–Crippen MR) is 75.0 cm³/mol. The largest absolute Gasteiger partial charge is 0.397 e. The van der Waals surface area contributed by atoms with Crippen molar-refractivity contribution in [3.05, 3.63) is 18.0 Å². The van der Waals surface area contributed by atoms with E-state index in [1.165, 1.54) is 0 Å². The highest BCUT2D eigenvalue weighted by Crippen LogP contribution is 2.24. The van der Waals surface area contributed by atoms with Crippen molar-refractivity contribution in [2.45, 2.75) is 37.8 Å². The minimum absolute atomic E-state index is 0.0134. The normalized spacial score (nSPS) is 22.1. The molecule has 2 amide bonds. The molecule has 6 heteroatoms. The molecule has 1 aliphatic heterocycles. The fourth-order valence-electron chi connectivity index (χ4n) is 2.76. The molecule has 1 saturated carbocycles. The third-order valence-corrected chi connectivity index (χ3v) is 3.99. The number of likely N-dealkylation sites (tertiary alicyclic amines) is 1. The number of nitrogen functional groups attached to an aromatic ring is 1. The molecule has 2 fully saturated rings. The van der Waals surface area contributed by atoms with Crippen LogP contribution < -0.4 is 11.1 Å². The Hall–Kier alpha value is -1.98. The number of rotatable bonds is 3. The summed E-state index contributed by atoms with van der Waals surface area (Å²) in [5.41, 5.74) is 6.81. The molecule has 2 heterocycles. The Balaban J connectivity index is 1.75. The van der Waals surface area contributed by atoms with Crippen molar-refractivity contribution in [1.82, 2.24) is 14.8 Å². The summed E-state index contributed by atoms with van der Waals surface area (Å²) in [6.45, 7) is 0.632. The Labute approximate surface area is 117 Å². The summed E-state index contributed by atoms with van der Waals surface area (Å²) in [5, 5.41) is 2.99. The molecule has 0 spiro atoms. The standard InChI is InChI=1S/C14H20N4O2/c1-17-8-9(15)7-12(17)14(20)18-6-2-3-11(18)13(19)16-10-4-5-10/h7-8,10-11H,2-6,15H2,1H3,(H,16,19). The van der Waals surface area contributed by atoms with Gasteiger partial charge < -0.3 is 20.5 Å². The maximum absolute atomic E-state index is 12.6. The van der Waals surface area contributed by atoms with E-state index in [9.17, 15) is 9.59 Å². The van der Waals surface area contributed by atoms with Crippen LogP contribution in [0.25, 0.3) is 0 Å². The Bertz CT molecular complexity index is 547. The molecular formula is C14H20N4O2. The number of nitrogens with one attached hydrogen (secondary N) is 1. The summed E-state index contributed by atoms with van der Waals surface area (Å²) in [5.74, 6) is -0.127. The zero-order valence-corrected chi connectivity index (χ0v) is 11.6. The minimum atomic E-state index is -0.334. The van der Waals surface area contributed by atoms with Gasteiger partial charge in [-0.25, -0.2) is 0 Å². The molecule has 2 aliphatic rings. The molecule has 0 radical (unpaired) electrons. The fourth-order valence-corrected chi connectivity index (χ4v) is 2.76. The summed E-state index contributed by atoms with van der Waals surface area (Å²) in [7, 11) is 1.79. The third-order valence-electron chi connectivity index (χ3n) is 3.99. The summed E-state index contributed by atoms with van der Waals surface area (Å²) in [4.78, 5) is 26.4. The lowest BCUT2D eigenvalue weighted by Crippen LogP contribution is -2.46. The van der Waals surface area contributed by atoms with Crippen LogP contribution in [-0.2, 0) is 11.8 Å². The molecule has 0 aromatic carbocycles. The van der Waals surface area contributed by atoms with E-state index in [4.69, 9.17) is 5.73 Å². The molecule has 3 N–H and O–H groups in total. The number of hydrogen-bond donors (Lipinski definition) is 2. The molecule has 108 valence electrons. The van der Waals surface area contributed by atoms with Crippen molar-refractivity contribution in [2.75, 3.05) is 12.3 Å². The SMILES string of the molecule is Cn1cc(N)cc1C(=O)N1CCCC1C(=O)NC1CC1. The van der Waals surface area contributed by atoms with Crippen molar-refractivity contribution >= 4 is 17.5 Å². The lowest BCUT2D eigenvalue weighted by atomic mass is 10.2. The van der Waals surface area contributed by atoms with Gasteiger partial charge in [-0.1, -0.05) is 0 Å². The van der Waals surface area contributed by atoms with Crippen molar-refractivity contribution in [3.8, 4) is 0 Å². The highest BCUT2D eigenvalue weighted by Gasteiger charge is 2.37. The van der Waals surface area contributed by atoms with Crippen molar-refractivity contribution in [2.24, 2.45) is 7.05 Å². The van der Waals surface area contributed by atoms with Gasteiger partial charge in [-0.2, -0.15) is 0 Å². The lowest BCUT2D eigenvalue weighted by Gasteiger charge is -2.24. The highest BCUT2D eigenvalue weighted by atomic mass is 16.2. The summed E-state index contributed by atoms with van der Waals surface area (Å²) in [6.07, 6.45) is 5.43. The predicted octanol–water partition coefficient (Wildman–Crippen LogP) is 0.490. The first kappa shape index (κ1) is 13.0. The van der Waals surface area contributed by atoms with E-state index in [1.807, 2.05) is 0 Å². The van der Waals surface area contributed by atoms with Crippen LogP contribution in [0.15, 0.2) is 12.3 Å². The Kier molecular flexibility index (Phi) is 3.16. The quantitative estimate of drug-likeness (QED) is 0.843. The molecule has 1 saturated heterocycles. The molecule has 1 unspecified atom stereocenters. The molecule has 6 nitrogen and oxygen atoms in total. The zero-order valence-electron chi connectivity index (χ0n) is 11.6.